The van der Waals surface area contributed by atoms with Crippen LogP contribution in [-0.4, -0.2) is 65.8 Å². The van der Waals surface area contributed by atoms with Gasteiger partial charge in [-0.1, -0.05) is 6.07 Å². The third-order valence-electron chi connectivity index (χ3n) is 3.51. The Kier molecular flexibility index (Phi) is 4.10. The minimum atomic E-state index is -0.327. The van der Waals surface area contributed by atoms with Gasteiger partial charge in [-0.05, 0) is 25.7 Å². The van der Waals surface area contributed by atoms with Gasteiger partial charge in [0.15, 0.2) is 0 Å². The van der Waals surface area contributed by atoms with Gasteiger partial charge in [-0.15, -0.1) is 0 Å². The lowest BCUT2D eigenvalue weighted by Crippen LogP contribution is -2.55. The monoisotopic (exact) mass is 235 g/mol. The molecule has 0 radical (unpaired) electrons. The quantitative estimate of drug-likeness (QED) is 0.814. The van der Waals surface area contributed by atoms with E-state index in [4.69, 9.17) is 0 Å². The molecule has 1 aliphatic heterocycles. The molecule has 1 aromatic heterocycles. The first kappa shape index (κ1) is 12.5. The lowest BCUT2D eigenvalue weighted by molar-refractivity contribution is 0.0152. The van der Waals surface area contributed by atoms with Gasteiger partial charge in [0.1, 0.15) is 0 Å². The molecule has 0 aromatic carbocycles. The van der Waals surface area contributed by atoms with Crippen LogP contribution in [0.5, 0.6) is 0 Å². The zero-order valence-electron chi connectivity index (χ0n) is 10.6. The van der Waals surface area contributed by atoms with Crippen LogP contribution < -0.4 is 0 Å². The van der Waals surface area contributed by atoms with Crippen molar-refractivity contribution in [1.29, 1.82) is 0 Å². The maximum Gasteiger partial charge on any atom is 0.0748 e. The SMILES string of the molecule is CN1CCN(C)C(C(O)Cc2cccnc2)C1. The minimum absolute atomic E-state index is 0.217. The highest BCUT2D eigenvalue weighted by Gasteiger charge is 2.28. The lowest BCUT2D eigenvalue weighted by atomic mass is 10.0. The second kappa shape index (κ2) is 5.58. The predicted molar refractivity (Wildman–Crippen MR) is 67.9 cm³/mol. The summed E-state index contributed by atoms with van der Waals surface area (Å²) in [5.74, 6) is 0. The summed E-state index contributed by atoms with van der Waals surface area (Å²) in [5, 5.41) is 10.3. The Hall–Kier alpha value is -0.970. The zero-order chi connectivity index (χ0) is 12.3. The van der Waals surface area contributed by atoms with Crippen molar-refractivity contribution in [2.45, 2.75) is 18.6 Å². The lowest BCUT2D eigenvalue weighted by Gasteiger charge is -2.40. The van der Waals surface area contributed by atoms with Crippen LogP contribution in [0.3, 0.4) is 0 Å². The average Bonchev–Trinajstić information content (AvgIpc) is 2.33. The summed E-state index contributed by atoms with van der Waals surface area (Å²) < 4.78 is 0. The summed E-state index contributed by atoms with van der Waals surface area (Å²) in [6.07, 6.45) is 3.94. The normalized spacial score (nSPS) is 24.8. The Morgan fingerprint density at radius 2 is 2.29 bits per heavy atom. The topological polar surface area (TPSA) is 39.6 Å². The zero-order valence-corrected chi connectivity index (χ0v) is 10.6. The molecule has 4 heteroatoms. The van der Waals surface area contributed by atoms with E-state index in [-0.39, 0.29) is 12.1 Å². The highest BCUT2D eigenvalue weighted by Crippen LogP contribution is 2.13. The van der Waals surface area contributed by atoms with Crippen molar-refractivity contribution in [3.05, 3.63) is 30.1 Å². The molecule has 0 bridgehead atoms. The molecular formula is C13H21N3O. The van der Waals surface area contributed by atoms with Crippen LogP contribution in [0, 0.1) is 0 Å². The molecule has 17 heavy (non-hydrogen) atoms. The van der Waals surface area contributed by atoms with Gasteiger partial charge in [0, 0.05) is 44.5 Å². The molecule has 2 rings (SSSR count). The first-order valence-corrected chi connectivity index (χ1v) is 6.12. The van der Waals surface area contributed by atoms with E-state index in [1.165, 1.54) is 0 Å². The third-order valence-corrected chi connectivity index (χ3v) is 3.51. The van der Waals surface area contributed by atoms with Gasteiger partial charge in [0.2, 0.25) is 0 Å². The summed E-state index contributed by atoms with van der Waals surface area (Å²) >= 11 is 0. The third kappa shape index (κ3) is 3.25. The molecule has 1 saturated heterocycles. The van der Waals surface area contributed by atoms with Crippen molar-refractivity contribution >= 4 is 0 Å². The fourth-order valence-electron chi connectivity index (χ4n) is 2.36. The smallest absolute Gasteiger partial charge is 0.0748 e. The first-order valence-electron chi connectivity index (χ1n) is 6.12. The maximum absolute atomic E-state index is 10.3. The molecule has 1 aromatic rings. The van der Waals surface area contributed by atoms with Crippen LogP contribution in [0.4, 0.5) is 0 Å². The molecule has 2 atom stereocenters. The van der Waals surface area contributed by atoms with Gasteiger partial charge in [-0.3, -0.25) is 9.88 Å². The molecule has 1 aliphatic rings. The number of pyridine rings is 1. The highest BCUT2D eigenvalue weighted by atomic mass is 16.3. The van der Waals surface area contributed by atoms with Crippen LogP contribution in [0.1, 0.15) is 5.56 Å². The molecule has 0 aliphatic carbocycles. The van der Waals surface area contributed by atoms with Crippen molar-refractivity contribution in [1.82, 2.24) is 14.8 Å². The van der Waals surface area contributed by atoms with Gasteiger partial charge in [0.25, 0.3) is 0 Å². The predicted octanol–water partition coefficient (Wildman–Crippen LogP) is 0.231. The molecule has 2 heterocycles. The van der Waals surface area contributed by atoms with E-state index < -0.39 is 0 Å². The van der Waals surface area contributed by atoms with E-state index in [9.17, 15) is 5.11 Å². The highest BCUT2D eigenvalue weighted by molar-refractivity contribution is 5.10. The van der Waals surface area contributed by atoms with E-state index >= 15 is 0 Å². The Balaban J connectivity index is 1.97. The Bertz CT molecular complexity index is 344. The first-order chi connectivity index (χ1) is 8.16. The van der Waals surface area contributed by atoms with Crippen LogP contribution >= 0.6 is 0 Å². The second-order valence-electron chi connectivity index (χ2n) is 4.94. The standard InChI is InChI=1S/C13H21N3O/c1-15-6-7-16(2)12(10-15)13(17)8-11-4-3-5-14-9-11/h3-5,9,12-13,17H,6-8,10H2,1-2H3. The molecular weight excluding hydrogens is 214 g/mol. The van der Waals surface area contributed by atoms with E-state index in [0.29, 0.717) is 6.42 Å². The van der Waals surface area contributed by atoms with Crippen molar-refractivity contribution in [2.75, 3.05) is 33.7 Å². The molecule has 0 spiro atoms. The number of piperazine rings is 1. The van der Waals surface area contributed by atoms with Gasteiger partial charge < -0.3 is 10.0 Å². The summed E-state index contributed by atoms with van der Waals surface area (Å²) in [4.78, 5) is 8.61. The average molecular weight is 235 g/mol. The largest absolute Gasteiger partial charge is 0.391 e. The number of rotatable bonds is 3. The number of likely N-dealkylation sites (N-methyl/N-ethyl adjacent to an activating group) is 2. The van der Waals surface area contributed by atoms with E-state index in [1.807, 2.05) is 18.3 Å². The summed E-state index contributed by atoms with van der Waals surface area (Å²) in [5.41, 5.74) is 1.10. The molecule has 0 amide bonds. The Morgan fingerprint density at radius 1 is 1.47 bits per heavy atom. The second-order valence-corrected chi connectivity index (χ2v) is 4.94. The summed E-state index contributed by atoms with van der Waals surface area (Å²) in [7, 11) is 4.20. The molecule has 1 fully saturated rings. The van der Waals surface area contributed by atoms with Crippen LogP contribution in [0.15, 0.2) is 24.5 Å². The minimum Gasteiger partial charge on any atom is -0.391 e. The van der Waals surface area contributed by atoms with Crippen molar-refractivity contribution in [3.63, 3.8) is 0 Å². The van der Waals surface area contributed by atoms with Gasteiger partial charge in [-0.2, -0.15) is 0 Å². The number of hydrogen-bond acceptors (Lipinski definition) is 4. The number of hydrogen-bond donors (Lipinski definition) is 1. The molecule has 1 N–H and O–H groups in total. The van der Waals surface area contributed by atoms with E-state index in [1.54, 1.807) is 6.20 Å². The molecule has 94 valence electrons. The summed E-state index contributed by atoms with van der Waals surface area (Å²) in [6, 6.07) is 4.15. The van der Waals surface area contributed by atoms with Gasteiger partial charge >= 0.3 is 0 Å². The van der Waals surface area contributed by atoms with E-state index in [0.717, 1.165) is 25.2 Å². The van der Waals surface area contributed by atoms with Crippen LogP contribution in [0.2, 0.25) is 0 Å². The number of aliphatic hydroxyl groups excluding tert-OH is 1. The Morgan fingerprint density at radius 3 is 3.00 bits per heavy atom. The molecule has 4 nitrogen and oxygen atoms in total. The van der Waals surface area contributed by atoms with Crippen molar-refractivity contribution in [2.24, 2.45) is 0 Å². The number of nitrogens with zero attached hydrogens (tertiary/aromatic N) is 3. The number of aromatic nitrogens is 1. The van der Waals surface area contributed by atoms with Crippen molar-refractivity contribution < 1.29 is 5.11 Å². The van der Waals surface area contributed by atoms with Crippen molar-refractivity contribution in [3.8, 4) is 0 Å². The van der Waals surface area contributed by atoms with E-state index in [2.05, 4.69) is 28.9 Å². The number of aliphatic hydroxyl groups is 1. The fourth-order valence-corrected chi connectivity index (χ4v) is 2.36. The van der Waals surface area contributed by atoms with Crippen LogP contribution in [-0.2, 0) is 6.42 Å². The maximum atomic E-state index is 10.3. The fraction of sp³-hybridized carbons (Fsp3) is 0.615. The summed E-state index contributed by atoms with van der Waals surface area (Å²) in [6.45, 7) is 3.02. The molecule has 0 saturated carbocycles. The van der Waals surface area contributed by atoms with Gasteiger partial charge in [-0.25, -0.2) is 0 Å². The van der Waals surface area contributed by atoms with Gasteiger partial charge in [0.05, 0.1) is 6.10 Å². The molecule has 2 unspecified atom stereocenters. The Labute approximate surface area is 103 Å². The van der Waals surface area contributed by atoms with Crippen LogP contribution in [0.25, 0.3) is 0 Å².